The number of rotatable bonds is 3. The predicted molar refractivity (Wildman–Crippen MR) is 62.4 cm³/mol. The molecule has 1 aliphatic rings. The Labute approximate surface area is 95.7 Å². The van der Waals surface area contributed by atoms with Crippen molar-refractivity contribution in [3.63, 3.8) is 0 Å². The smallest absolute Gasteiger partial charge is 0.225 e. The van der Waals surface area contributed by atoms with Crippen LogP contribution in [-0.4, -0.2) is 28.8 Å². The highest BCUT2D eigenvalue weighted by Gasteiger charge is 2.21. The van der Waals surface area contributed by atoms with E-state index in [-0.39, 0.29) is 5.78 Å². The maximum Gasteiger partial charge on any atom is 0.225 e. The first kappa shape index (κ1) is 11.0. The number of Topliss-reactive ketones (excluding diaryl/α,β-unsaturated/α-hetero) is 1. The third-order valence-electron chi connectivity index (χ3n) is 2.65. The molecule has 0 unspecified atom stereocenters. The van der Waals surface area contributed by atoms with E-state index in [0.717, 1.165) is 18.5 Å². The van der Waals surface area contributed by atoms with Gasteiger partial charge in [-0.25, -0.2) is 9.97 Å². The number of nitrogens with zero attached hydrogens (tertiary/aromatic N) is 3. The highest BCUT2D eigenvalue weighted by atomic mass is 16.1. The number of aromatic nitrogens is 2. The molecule has 0 atom stereocenters. The molecule has 0 saturated carbocycles. The van der Waals surface area contributed by atoms with Crippen LogP contribution in [0.2, 0.25) is 0 Å². The molecule has 4 heteroatoms. The fourth-order valence-corrected chi connectivity index (χ4v) is 1.89. The summed E-state index contributed by atoms with van der Waals surface area (Å²) in [6.07, 6.45) is 5.35. The number of hydrogen-bond acceptors (Lipinski definition) is 4. The summed E-state index contributed by atoms with van der Waals surface area (Å²) in [7, 11) is 0. The van der Waals surface area contributed by atoms with Crippen LogP contribution in [0.4, 0.5) is 5.95 Å². The summed E-state index contributed by atoms with van der Waals surface area (Å²) >= 11 is 0. The average molecular weight is 219 g/mol. The summed E-state index contributed by atoms with van der Waals surface area (Å²) < 4.78 is 0. The van der Waals surface area contributed by atoms with Gasteiger partial charge in [0.25, 0.3) is 0 Å². The Morgan fingerprint density at radius 1 is 1.38 bits per heavy atom. The summed E-state index contributed by atoms with van der Waals surface area (Å²) in [5.74, 6) is 1.57. The third-order valence-corrected chi connectivity index (χ3v) is 2.65. The topological polar surface area (TPSA) is 46.1 Å². The van der Waals surface area contributed by atoms with Gasteiger partial charge in [0.15, 0.2) is 5.78 Å². The minimum absolute atomic E-state index is 0.273. The summed E-state index contributed by atoms with van der Waals surface area (Å²) in [6.45, 7) is 5.56. The molecule has 1 aromatic heterocycles. The standard InChI is InChI=1S/C12H17N3O/c1-9(2)5-10-6-13-12(14-7-10)15-4-3-11(16)8-15/h6-7,9H,3-5,8H2,1-2H3. The molecule has 1 aliphatic heterocycles. The SMILES string of the molecule is CC(C)Cc1cnc(N2CCC(=O)C2)nc1. The van der Waals surface area contributed by atoms with E-state index < -0.39 is 0 Å². The Bertz CT molecular complexity index is 372. The van der Waals surface area contributed by atoms with Crippen molar-refractivity contribution in [1.82, 2.24) is 9.97 Å². The molecular weight excluding hydrogens is 202 g/mol. The van der Waals surface area contributed by atoms with Gasteiger partial charge in [-0.15, -0.1) is 0 Å². The van der Waals surface area contributed by atoms with Crippen LogP contribution in [0.1, 0.15) is 25.8 Å². The Kier molecular flexibility index (Phi) is 3.17. The van der Waals surface area contributed by atoms with Crippen molar-refractivity contribution < 1.29 is 4.79 Å². The number of carbonyl (C=O) groups is 1. The van der Waals surface area contributed by atoms with E-state index in [4.69, 9.17) is 0 Å². The van der Waals surface area contributed by atoms with Crippen molar-refractivity contribution in [3.8, 4) is 0 Å². The van der Waals surface area contributed by atoms with Gasteiger partial charge >= 0.3 is 0 Å². The van der Waals surface area contributed by atoms with Crippen LogP contribution in [0.15, 0.2) is 12.4 Å². The second-order valence-corrected chi connectivity index (χ2v) is 4.70. The molecule has 0 radical (unpaired) electrons. The lowest BCUT2D eigenvalue weighted by atomic mass is 10.1. The normalized spacial score (nSPS) is 16.2. The molecule has 2 rings (SSSR count). The third kappa shape index (κ3) is 2.56. The van der Waals surface area contributed by atoms with Crippen LogP contribution in [0.25, 0.3) is 0 Å². The van der Waals surface area contributed by atoms with Crippen LogP contribution in [-0.2, 0) is 11.2 Å². The first-order chi connectivity index (χ1) is 7.65. The monoisotopic (exact) mass is 219 g/mol. The number of carbonyl (C=O) groups excluding carboxylic acids is 1. The fraction of sp³-hybridized carbons (Fsp3) is 0.583. The molecule has 1 saturated heterocycles. The first-order valence-electron chi connectivity index (χ1n) is 5.72. The summed E-state index contributed by atoms with van der Waals surface area (Å²) in [6, 6.07) is 0. The van der Waals surface area contributed by atoms with Gasteiger partial charge < -0.3 is 4.90 Å². The number of anilines is 1. The zero-order valence-electron chi connectivity index (χ0n) is 9.81. The van der Waals surface area contributed by atoms with E-state index in [1.165, 1.54) is 0 Å². The zero-order valence-corrected chi connectivity index (χ0v) is 9.81. The Hall–Kier alpha value is -1.45. The first-order valence-corrected chi connectivity index (χ1v) is 5.72. The van der Waals surface area contributed by atoms with Crippen molar-refractivity contribution in [2.75, 3.05) is 18.0 Å². The molecular formula is C12H17N3O. The van der Waals surface area contributed by atoms with Gasteiger partial charge in [-0.2, -0.15) is 0 Å². The van der Waals surface area contributed by atoms with Gasteiger partial charge in [-0.3, -0.25) is 4.79 Å². The summed E-state index contributed by atoms with van der Waals surface area (Å²) in [5.41, 5.74) is 1.16. The van der Waals surface area contributed by atoms with Crippen LogP contribution >= 0.6 is 0 Å². The van der Waals surface area contributed by atoms with Crippen molar-refractivity contribution in [1.29, 1.82) is 0 Å². The Balaban J connectivity index is 2.04. The predicted octanol–water partition coefficient (Wildman–Crippen LogP) is 1.45. The molecule has 2 heterocycles. The van der Waals surface area contributed by atoms with E-state index in [1.807, 2.05) is 17.3 Å². The van der Waals surface area contributed by atoms with E-state index >= 15 is 0 Å². The second kappa shape index (κ2) is 4.60. The minimum Gasteiger partial charge on any atom is -0.333 e. The van der Waals surface area contributed by atoms with Gasteiger partial charge in [0, 0.05) is 25.4 Å². The maximum atomic E-state index is 11.1. The van der Waals surface area contributed by atoms with E-state index in [0.29, 0.717) is 24.8 Å². The van der Waals surface area contributed by atoms with Gasteiger partial charge in [0.05, 0.1) is 6.54 Å². The van der Waals surface area contributed by atoms with Crippen molar-refractivity contribution in [2.24, 2.45) is 5.92 Å². The molecule has 1 aromatic rings. The highest BCUT2D eigenvalue weighted by molar-refractivity contribution is 5.86. The zero-order chi connectivity index (χ0) is 11.5. The van der Waals surface area contributed by atoms with Gasteiger partial charge in [0.2, 0.25) is 5.95 Å². The van der Waals surface area contributed by atoms with Crippen molar-refractivity contribution >= 4 is 11.7 Å². The lowest BCUT2D eigenvalue weighted by Gasteiger charge is -2.14. The molecule has 0 N–H and O–H groups in total. The summed E-state index contributed by atoms with van der Waals surface area (Å²) in [5, 5.41) is 0. The molecule has 0 bridgehead atoms. The molecule has 86 valence electrons. The molecule has 4 nitrogen and oxygen atoms in total. The average Bonchev–Trinajstić information content (AvgIpc) is 2.65. The molecule has 16 heavy (non-hydrogen) atoms. The lowest BCUT2D eigenvalue weighted by molar-refractivity contribution is -0.116. The highest BCUT2D eigenvalue weighted by Crippen LogP contribution is 2.14. The minimum atomic E-state index is 0.273. The van der Waals surface area contributed by atoms with E-state index in [2.05, 4.69) is 23.8 Å². The second-order valence-electron chi connectivity index (χ2n) is 4.70. The summed E-state index contributed by atoms with van der Waals surface area (Å²) in [4.78, 5) is 21.7. The van der Waals surface area contributed by atoms with Crippen LogP contribution in [0.3, 0.4) is 0 Å². The molecule has 0 amide bonds. The van der Waals surface area contributed by atoms with Crippen LogP contribution in [0, 0.1) is 5.92 Å². The quantitative estimate of drug-likeness (QED) is 0.772. The maximum absolute atomic E-state index is 11.1. The van der Waals surface area contributed by atoms with Gasteiger partial charge in [0.1, 0.15) is 0 Å². The molecule has 0 aliphatic carbocycles. The van der Waals surface area contributed by atoms with Crippen molar-refractivity contribution in [2.45, 2.75) is 26.7 Å². The molecule has 0 spiro atoms. The van der Waals surface area contributed by atoms with Crippen molar-refractivity contribution in [3.05, 3.63) is 18.0 Å². The number of hydrogen-bond donors (Lipinski definition) is 0. The lowest BCUT2D eigenvalue weighted by Crippen LogP contribution is -2.22. The Morgan fingerprint density at radius 2 is 2.06 bits per heavy atom. The molecule has 1 fully saturated rings. The Morgan fingerprint density at radius 3 is 2.56 bits per heavy atom. The van der Waals surface area contributed by atoms with Gasteiger partial charge in [-0.1, -0.05) is 13.8 Å². The van der Waals surface area contributed by atoms with E-state index in [1.54, 1.807) is 0 Å². The number of ketones is 1. The largest absolute Gasteiger partial charge is 0.333 e. The fourth-order valence-electron chi connectivity index (χ4n) is 1.89. The van der Waals surface area contributed by atoms with Crippen LogP contribution < -0.4 is 4.90 Å². The molecule has 0 aromatic carbocycles. The van der Waals surface area contributed by atoms with Crippen LogP contribution in [0.5, 0.6) is 0 Å². The van der Waals surface area contributed by atoms with E-state index in [9.17, 15) is 4.79 Å². The van der Waals surface area contributed by atoms with Gasteiger partial charge in [-0.05, 0) is 17.9 Å².